The minimum atomic E-state index is -0.998. The van der Waals surface area contributed by atoms with Crippen molar-refractivity contribution >= 4 is 57.3 Å². The number of aromatic nitrogens is 2. The van der Waals surface area contributed by atoms with Crippen LogP contribution in [0.5, 0.6) is 0 Å². The third kappa shape index (κ3) is 3.15. The molecule has 0 spiro atoms. The summed E-state index contributed by atoms with van der Waals surface area (Å²) in [6.45, 7) is 3.39. The summed E-state index contributed by atoms with van der Waals surface area (Å²) in [6.07, 6.45) is 0. The van der Waals surface area contributed by atoms with Crippen LogP contribution in [0.2, 0.25) is 0 Å². The first-order chi connectivity index (χ1) is 9.73. The molecule has 0 saturated carbocycles. The molecule has 0 fully saturated rings. The minimum Gasteiger partial charge on any atom is -0.481 e. The molecule has 112 valence electrons. The third-order valence-corrected chi connectivity index (χ3v) is 4.67. The SMILES string of the molecule is CC(C)(C(N)=O)n1c(SCC(=O)O)nc2cc(I)ccc21. The highest BCUT2D eigenvalue weighted by molar-refractivity contribution is 14.1. The van der Waals surface area contributed by atoms with E-state index in [9.17, 15) is 9.59 Å². The molecule has 6 nitrogen and oxygen atoms in total. The van der Waals surface area contributed by atoms with Crippen LogP contribution in [-0.2, 0) is 15.1 Å². The molecule has 0 bridgehead atoms. The van der Waals surface area contributed by atoms with Crippen molar-refractivity contribution in [1.29, 1.82) is 0 Å². The fraction of sp³-hybridized carbons (Fsp3) is 0.308. The van der Waals surface area contributed by atoms with E-state index in [0.717, 1.165) is 20.8 Å². The highest BCUT2D eigenvalue weighted by Gasteiger charge is 2.32. The molecule has 0 unspecified atom stereocenters. The first kappa shape index (κ1) is 16.1. The number of hydrogen-bond acceptors (Lipinski definition) is 4. The predicted octanol–water partition coefficient (Wildman–Crippen LogP) is 2.04. The van der Waals surface area contributed by atoms with Gasteiger partial charge in [0.1, 0.15) is 5.54 Å². The molecule has 1 heterocycles. The monoisotopic (exact) mass is 419 g/mol. The van der Waals surface area contributed by atoms with Gasteiger partial charge in [-0.1, -0.05) is 11.8 Å². The van der Waals surface area contributed by atoms with Gasteiger partial charge in [-0.15, -0.1) is 0 Å². The number of fused-ring (bicyclic) bond motifs is 1. The molecule has 2 rings (SSSR count). The highest BCUT2D eigenvalue weighted by Crippen LogP contribution is 2.31. The average Bonchev–Trinajstić information content (AvgIpc) is 2.73. The van der Waals surface area contributed by atoms with Gasteiger partial charge in [0.2, 0.25) is 5.91 Å². The van der Waals surface area contributed by atoms with Gasteiger partial charge in [0, 0.05) is 3.57 Å². The Bertz CT molecular complexity index is 727. The summed E-state index contributed by atoms with van der Waals surface area (Å²) < 4.78 is 2.71. The van der Waals surface area contributed by atoms with Gasteiger partial charge in [-0.05, 0) is 54.6 Å². The van der Waals surface area contributed by atoms with Crippen LogP contribution in [0.3, 0.4) is 0 Å². The van der Waals surface area contributed by atoms with Crippen LogP contribution in [0.15, 0.2) is 23.4 Å². The van der Waals surface area contributed by atoms with Gasteiger partial charge in [-0.25, -0.2) is 4.98 Å². The molecule has 1 aromatic carbocycles. The molecular formula is C13H14IN3O3S. The number of benzene rings is 1. The standard InChI is InChI=1S/C13H14IN3O3S/c1-13(2,11(15)20)17-9-4-3-7(14)5-8(9)16-12(17)21-6-10(18)19/h3-5H,6H2,1-2H3,(H2,15,20)(H,18,19). The summed E-state index contributed by atoms with van der Waals surface area (Å²) in [7, 11) is 0. The number of primary amides is 1. The first-order valence-corrected chi connectivity index (χ1v) is 8.13. The van der Waals surface area contributed by atoms with Crippen LogP contribution in [0.4, 0.5) is 0 Å². The van der Waals surface area contributed by atoms with E-state index in [4.69, 9.17) is 10.8 Å². The quantitative estimate of drug-likeness (QED) is 0.571. The van der Waals surface area contributed by atoms with Crippen molar-refractivity contribution < 1.29 is 14.7 Å². The molecule has 3 N–H and O–H groups in total. The van der Waals surface area contributed by atoms with Crippen molar-refractivity contribution in [2.45, 2.75) is 24.5 Å². The lowest BCUT2D eigenvalue weighted by atomic mass is 10.0. The maximum absolute atomic E-state index is 11.8. The number of nitrogens with zero attached hydrogens (tertiary/aromatic N) is 2. The van der Waals surface area contributed by atoms with E-state index in [1.807, 2.05) is 18.2 Å². The van der Waals surface area contributed by atoms with Gasteiger partial charge in [0.15, 0.2) is 5.16 Å². The molecule has 21 heavy (non-hydrogen) atoms. The maximum atomic E-state index is 11.8. The number of carboxylic acids is 1. The lowest BCUT2D eigenvalue weighted by molar-refractivity contribution is -0.133. The summed E-state index contributed by atoms with van der Waals surface area (Å²) in [5.74, 6) is -1.57. The van der Waals surface area contributed by atoms with E-state index < -0.39 is 17.4 Å². The second-order valence-corrected chi connectivity index (χ2v) is 7.16. The van der Waals surface area contributed by atoms with Gasteiger partial charge in [-0.3, -0.25) is 9.59 Å². The molecular weight excluding hydrogens is 405 g/mol. The van der Waals surface area contributed by atoms with Crippen LogP contribution in [-0.4, -0.2) is 32.3 Å². The molecule has 0 aliphatic rings. The topological polar surface area (TPSA) is 98.2 Å². The zero-order valence-corrected chi connectivity index (χ0v) is 14.4. The number of imidazole rings is 1. The molecule has 0 aliphatic carbocycles. The van der Waals surface area contributed by atoms with E-state index in [1.54, 1.807) is 18.4 Å². The normalized spacial score (nSPS) is 11.8. The first-order valence-electron chi connectivity index (χ1n) is 6.06. The molecule has 0 aliphatic heterocycles. The number of nitrogens with two attached hydrogens (primary N) is 1. The number of thioether (sulfide) groups is 1. The van der Waals surface area contributed by atoms with Gasteiger partial charge < -0.3 is 15.4 Å². The Balaban J connectivity index is 2.65. The number of carbonyl (C=O) groups is 2. The van der Waals surface area contributed by atoms with Crippen molar-refractivity contribution in [3.8, 4) is 0 Å². The second-order valence-electron chi connectivity index (χ2n) is 4.97. The predicted molar refractivity (Wildman–Crippen MR) is 89.3 cm³/mol. The second kappa shape index (κ2) is 5.84. The Morgan fingerprint density at radius 1 is 1.48 bits per heavy atom. The van der Waals surface area contributed by atoms with E-state index in [2.05, 4.69) is 27.6 Å². The molecule has 0 atom stereocenters. The Morgan fingerprint density at radius 2 is 2.14 bits per heavy atom. The minimum absolute atomic E-state index is 0.130. The highest BCUT2D eigenvalue weighted by atomic mass is 127. The van der Waals surface area contributed by atoms with E-state index in [1.165, 1.54) is 0 Å². The van der Waals surface area contributed by atoms with E-state index in [0.29, 0.717) is 10.7 Å². The van der Waals surface area contributed by atoms with Crippen LogP contribution in [0.25, 0.3) is 11.0 Å². The summed E-state index contributed by atoms with van der Waals surface area (Å²) in [6, 6.07) is 5.65. The molecule has 2 aromatic rings. The van der Waals surface area contributed by atoms with Gasteiger partial charge in [-0.2, -0.15) is 0 Å². The van der Waals surface area contributed by atoms with Crippen molar-refractivity contribution in [3.05, 3.63) is 21.8 Å². The number of hydrogen-bond donors (Lipinski definition) is 2. The van der Waals surface area contributed by atoms with Crippen molar-refractivity contribution in [3.63, 3.8) is 0 Å². The fourth-order valence-corrected chi connectivity index (χ4v) is 3.25. The van der Waals surface area contributed by atoms with Crippen LogP contribution < -0.4 is 5.73 Å². The number of aliphatic carboxylic acids is 1. The fourth-order valence-electron chi connectivity index (χ4n) is 1.90. The number of rotatable bonds is 5. The Kier molecular flexibility index (Phi) is 4.47. The Morgan fingerprint density at radius 3 is 2.71 bits per heavy atom. The van der Waals surface area contributed by atoms with Crippen molar-refractivity contribution in [2.75, 3.05) is 5.75 Å². The Labute approximate surface area is 139 Å². The number of carbonyl (C=O) groups excluding carboxylic acids is 1. The van der Waals surface area contributed by atoms with Crippen molar-refractivity contribution in [2.24, 2.45) is 5.73 Å². The maximum Gasteiger partial charge on any atom is 0.313 e. The zero-order valence-electron chi connectivity index (χ0n) is 11.5. The number of amides is 1. The van der Waals surface area contributed by atoms with Crippen LogP contribution in [0.1, 0.15) is 13.8 Å². The van der Waals surface area contributed by atoms with Crippen LogP contribution >= 0.6 is 34.4 Å². The summed E-state index contributed by atoms with van der Waals surface area (Å²) >= 11 is 3.25. The average molecular weight is 419 g/mol. The number of halogens is 1. The molecule has 0 saturated heterocycles. The lowest BCUT2D eigenvalue weighted by Gasteiger charge is -2.25. The third-order valence-electron chi connectivity index (χ3n) is 3.07. The molecule has 8 heteroatoms. The van der Waals surface area contributed by atoms with Gasteiger partial charge >= 0.3 is 5.97 Å². The number of carboxylic acid groups (broad SMARTS) is 1. The molecule has 1 amide bonds. The van der Waals surface area contributed by atoms with Crippen LogP contribution in [0, 0.1) is 3.57 Å². The largest absolute Gasteiger partial charge is 0.481 e. The van der Waals surface area contributed by atoms with Gasteiger partial charge in [0.25, 0.3) is 0 Å². The summed E-state index contributed by atoms with van der Waals surface area (Å²) in [5, 5.41) is 9.32. The summed E-state index contributed by atoms with van der Waals surface area (Å²) in [4.78, 5) is 27.0. The van der Waals surface area contributed by atoms with E-state index >= 15 is 0 Å². The summed E-state index contributed by atoms with van der Waals surface area (Å²) in [5.41, 5.74) is 5.96. The Hall–Kier alpha value is -1.29. The molecule has 0 radical (unpaired) electrons. The zero-order chi connectivity index (χ0) is 15.8. The smallest absolute Gasteiger partial charge is 0.313 e. The van der Waals surface area contributed by atoms with E-state index in [-0.39, 0.29) is 5.75 Å². The lowest BCUT2D eigenvalue weighted by Crippen LogP contribution is -2.41. The van der Waals surface area contributed by atoms with Crippen molar-refractivity contribution in [1.82, 2.24) is 9.55 Å². The molecule has 1 aromatic heterocycles. The van der Waals surface area contributed by atoms with Gasteiger partial charge in [0.05, 0.1) is 16.8 Å².